The molecule has 0 aromatic heterocycles. The molecule has 0 bridgehead atoms. The van der Waals surface area contributed by atoms with Crippen molar-refractivity contribution >= 4 is 20.0 Å². The van der Waals surface area contributed by atoms with Gasteiger partial charge in [0.2, 0.25) is 0 Å². The van der Waals surface area contributed by atoms with Gasteiger partial charge in [-0.3, -0.25) is 4.21 Å². The summed E-state index contributed by atoms with van der Waals surface area (Å²) in [6.07, 6.45) is 0. The molecule has 1 rings (SSSR count). The Bertz CT molecular complexity index is 527. The van der Waals surface area contributed by atoms with E-state index in [4.69, 9.17) is 11.2 Å². The van der Waals surface area contributed by atoms with Crippen molar-refractivity contribution in [2.45, 2.75) is 64.2 Å². The third kappa shape index (κ3) is 3.77. The molecule has 1 unspecified atom stereocenters. The van der Waals surface area contributed by atoms with Gasteiger partial charge in [0.1, 0.15) is 0 Å². The van der Waals surface area contributed by atoms with Crippen LogP contribution in [-0.2, 0) is 20.0 Å². The van der Waals surface area contributed by atoms with E-state index in [0.717, 1.165) is 11.1 Å². The van der Waals surface area contributed by atoms with Crippen LogP contribution in [0, 0.1) is 0 Å². The minimum atomic E-state index is -3.61. The third-order valence-corrected chi connectivity index (χ3v) is 4.80. The van der Waals surface area contributed by atoms with Crippen molar-refractivity contribution < 1.29 is 8.76 Å². The molecule has 4 heteroatoms. The molecule has 1 aromatic rings. The average molecular weight is 299 g/mol. The number of hydrogen-bond acceptors (Lipinski definition) is 3. The minimum absolute atomic E-state index is 0.143. The van der Waals surface area contributed by atoms with Crippen LogP contribution < -0.4 is 0 Å². The van der Waals surface area contributed by atoms with Gasteiger partial charge in [0.25, 0.3) is 0 Å². The van der Waals surface area contributed by atoms with Gasteiger partial charge in [-0.2, -0.15) is 0 Å². The van der Waals surface area contributed by atoms with Gasteiger partial charge in [-0.15, -0.1) is 0 Å². The Balaban J connectivity index is 3.77. The van der Waals surface area contributed by atoms with E-state index in [9.17, 15) is 8.76 Å². The summed E-state index contributed by atoms with van der Waals surface area (Å²) >= 11 is 4.75. The fourth-order valence-corrected chi connectivity index (χ4v) is 3.92. The van der Waals surface area contributed by atoms with E-state index in [1.807, 2.05) is 39.8 Å². The Kier molecular flexibility index (Phi) is 5.15. The minimum Gasteiger partial charge on any atom is -0.766 e. The molecule has 1 aromatic carbocycles. The summed E-state index contributed by atoms with van der Waals surface area (Å²) < 4.78 is 24.0. The van der Waals surface area contributed by atoms with Crippen molar-refractivity contribution in [3.05, 3.63) is 28.8 Å². The summed E-state index contributed by atoms with van der Waals surface area (Å²) in [6.45, 7) is 12.3. The molecular formula is C15H23O2S2-. The zero-order valence-electron chi connectivity index (χ0n) is 12.5. The van der Waals surface area contributed by atoms with Crippen LogP contribution >= 0.6 is 0 Å². The molecule has 0 amide bonds. The molecule has 0 radical (unpaired) electrons. The van der Waals surface area contributed by atoms with Gasteiger partial charge in [-0.25, -0.2) is 0 Å². The molecule has 0 aliphatic heterocycles. The van der Waals surface area contributed by atoms with Crippen LogP contribution in [0.15, 0.2) is 17.0 Å². The average Bonchev–Trinajstić information content (AvgIpc) is 2.25. The van der Waals surface area contributed by atoms with Gasteiger partial charge < -0.3 is 4.55 Å². The van der Waals surface area contributed by atoms with Crippen LogP contribution in [-0.4, -0.2) is 8.76 Å². The largest absolute Gasteiger partial charge is 0.766 e. The highest BCUT2D eigenvalue weighted by Gasteiger charge is 2.19. The fraction of sp³-hybridized carbons (Fsp3) is 0.600. The zero-order valence-corrected chi connectivity index (χ0v) is 14.2. The predicted octanol–water partition coefficient (Wildman–Crippen LogP) is 4.29. The molecule has 1 atom stereocenters. The van der Waals surface area contributed by atoms with Gasteiger partial charge in [-0.05, 0) is 54.4 Å². The number of hydrogen-bond donors (Lipinski definition) is 0. The normalized spacial score (nSPS) is 15.3. The standard InChI is InChI=1S/C15H24O2S2/c1-9(2)12-7-13(10(3)4)15(19(16,17)18)14(8-12)11(5)6/h7-11H,1-6H3,(H,16,17,18)/p-1. The van der Waals surface area contributed by atoms with Crippen LogP contribution in [0.25, 0.3) is 0 Å². The molecule has 108 valence electrons. The fourth-order valence-electron chi connectivity index (χ4n) is 2.18. The molecule has 0 saturated heterocycles. The van der Waals surface area contributed by atoms with Crippen molar-refractivity contribution in [3.63, 3.8) is 0 Å². The lowest BCUT2D eigenvalue weighted by atomic mass is 9.89. The molecule has 0 heterocycles. The Morgan fingerprint density at radius 3 is 1.53 bits per heavy atom. The smallest absolute Gasteiger partial charge is 0.0350 e. The Labute approximate surface area is 122 Å². The second kappa shape index (κ2) is 5.90. The first-order chi connectivity index (χ1) is 8.55. The van der Waals surface area contributed by atoms with Crippen molar-refractivity contribution in [1.29, 1.82) is 0 Å². The van der Waals surface area contributed by atoms with Crippen molar-refractivity contribution in [3.8, 4) is 0 Å². The van der Waals surface area contributed by atoms with Crippen molar-refractivity contribution in [2.24, 2.45) is 0 Å². The lowest BCUT2D eigenvalue weighted by Crippen LogP contribution is -2.11. The number of rotatable bonds is 4. The van der Waals surface area contributed by atoms with Crippen LogP contribution in [0.5, 0.6) is 0 Å². The summed E-state index contributed by atoms with van der Waals surface area (Å²) in [5.74, 6) is 0.657. The SMILES string of the molecule is CC(C)c1cc(C(C)C)c(S(=O)([O-])=S)c(C(C)C)c1. The second-order valence-electron chi connectivity index (χ2n) is 5.95. The molecule has 2 nitrogen and oxygen atoms in total. The van der Waals surface area contributed by atoms with Gasteiger partial charge in [0, 0.05) is 4.90 Å². The first kappa shape index (κ1) is 16.6. The monoisotopic (exact) mass is 299 g/mol. The molecule has 0 spiro atoms. The van der Waals surface area contributed by atoms with E-state index in [2.05, 4.69) is 13.8 Å². The molecule has 19 heavy (non-hydrogen) atoms. The van der Waals surface area contributed by atoms with E-state index in [-0.39, 0.29) is 11.8 Å². The molecule has 0 saturated carbocycles. The van der Waals surface area contributed by atoms with Crippen LogP contribution in [0.3, 0.4) is 0 Å². The van der Waals surface area contributed by atoms with Crippen LogP contribution in [0.2, 0.25) is 0 Å². The highest BCUT2D eigenvalue weighted by Crippen LogP contribution is 2.34. The van der Waals surface area contributed by atoms with Gasteiger partial charge >= 0.3 is 0 Å². The lowest BCUT2D eigenvalue weighted by Gasteiger charge is -2.26. The number of benzene rings is 1. The molecule has 0 N–H and O–H groups in total. The molecule has 0 aliphatic carbocycles. The van der Waals surface area contributed by atoms with E-state index in [0.29, 0.717) is 10.8 Å². The topological polar surface area (TPSA) is 40.1 Å². The Morgan fingerprint density at radius 1 is 0.947 bits per heavy atom. The highest BCUT2D eigenvalue weighted by molar-refractivity contribution is 8.29. The third-order valence-electron chi connectivity index (χ3n) is 3.33. The van der Waals surface area contributed by atoms with E-state index >= 15 is 0 Å². The Morgan fingerprint density at radius 2 is 1.32 bits per heavy atom. The molecular weight excluding hydrogens is 276 g/mol. The maximum absolute atomic E-state index is 12.0. The quantitative estimate of drug-likeness (QED) is 0.832. The maximum atomic E-state index is 12.0. The lowest BCUT2D eigenvalue weighted by molar-refractivity contribution is 0.530. The van der Waals surface area contributed by atoms with Gasteiger partial charge in [-0.1, -0.05) is 53.7 Å². The first-order valence-corrected chi connectivity index (χ1v) is 9.10. The zero-order chi connectivity index (χ0) is 15.0. The van der Waals surface area contributed by atoms with E-state index < -0.39 is 8.77 Å². The maximum Gasteiger partial charge on any atom is 0.0350 e. The van der Waals surface area contributed by atoms with E-state index in [1.165, 1.54) is 5.56 Å². The summed E-state index contributed by atoms with van der Waals surface area (Å²) in [5, 5.41) is 0. The summed E-state index contributed by atoms with van der Waals surface area (Å²) in [6, 6.07) is 4.00. The van der Waals surface area contributed by atoms with Crippen molar-refractivity contribution in [2.75, 3.05) is 0 Å². The summed E-state index contributed by atoms with van der Waals surface area (Å²) in [4.78, 5) is 0.358. The molecule has 0 fully saturated rings. The summed E-state index contributed by atoms with van der Waals surface area (Å²) in [5.41, 5.74) is 2.88. The predicted molar refractivity (Wildman–Crippen MR) is 83.3 cm³/mol. The first-order valence-electron chi connectivity index (χ1n) is 6.69. The molecule has 0 aliphatic rings. The highest BCUT2D eigenvalue weighted by atomic mass is 32.8. The Hall–Kier alpha value is -0.450. The van der Waals surface area contributed by atoms with Crippen molar-refractivity contribution in [1.82, 2.24) is 0 Å². The van der Waals surface area contributed by atoms with E-state index in [1.54, 1.807) is 0 Å². The van der Waals surface area contributed by atoms with Gasteiger partial charge in [0.15, 0.2) is 0 Å². The summed E-state index contributed by atoms with van der Waals surface area (Å²) in [7, 11) is -3.61. The van der Waals surface area contributed by atoms with Crippen LogP contribution in [0.4, 0.5) is 0 Å². The van der Waals surface area contributed by atoms with Crippen LogP contribution in [0.1, 0.15) is 76.0 Å². The second-order valence-corrected chi connectivity index (χ2v) is 8.58. The van der Waals surface area contributed by atoms with Gasteiger partial charge in [0.05, 0.1) is 0 Å².